The van der Waals surface area contributed by atoms with Crippen LogP contribution in [-0.4, -0.2) is 49.6 Å². The monoisotopic (exact) mass is 865 g/mol. The number of hydrogen-bond donors (Lipinski definition) is 4. The number of ether oxygens (including phenoxy) is 2. The second-order valence-electron chi connectivity index (χ2n) is 13.4. The number of nitrogens with zero attached hydrogens (tertiary/aromatic N) is 2. The molecule has 0 spiro atoms. The van der Waals surface area contributed by atoms with Crippen molar-refractivity contribution in [1.29, 1.82) is 0 Å². The van der Waals surface area contributed by atoms with Gasteiger partial charge in [-0.15, -0.1) is 12.4 Å². The van der Waals surface area contributed by atoms with Crippen LogP contribution in [0, 0.1) is 20.8 Å². The molecular weight excluding hydrogens is 822 g/mol. The number of carboxylic acids is 1. The smallest absolute Gasteiger partial charge is 0.371 e. The highest BCUT2D eigenvalue weighted by Gasteiger charge is 2.23. The summed E-state index contributed by atoms with van der Waals surface area (Å²) in [5.41, 5.74) is 7.56. The molecule has 7 aromatic rings. The van der Waals surface area contributed by atoms with Crippen LogP contribution >= 0.6 is 12.4 Å². The Kier molecular flexibility index (Phi) is 14.9. The summed E-state index contributed by atoms with van der Waals surface area (Å²) in [6.07, 6.45) is 3.35. The lowest BCUT2D eigenvalue weighted by molar-refractivity contribution is 0.0660. The minimum absolute atomic E-state index is 0. The van der Waals surface area contributed by atoms with E-state index >= 15 is 0 Å². The Morgan fingerprint density at radius 2 is 1.11 bits per heavy atom. The molecule has 0 atom stereocenters. The lowest BCUT2D eigenvalue weighted by Crippen LogP contribution is -2.30. The van der Waals surface area contributed by atoms with Gasteiger partial charge in [0.25, 0.3) is 10.0 Å². The third-order valence-electron chi connectivity index (χ3n) is 9.36. The average Bonchev–Trinajstić information content (AvgIpc) is 3.84. The molecule has 14 nitrogen and oxygen atoms in total. The molecule has 0 saturated heterocycles. The first-order valence-corrected chi connectivity index (χ1v) is 20.0. The Labute approximate surface area is 359 Å². The van der Waals surface area contributed by atoms with Gasteiger partial charge in [0.1, 0.15) is 23.0 Å². The number of anilines is 2. The molecule has 0 aliphatic carbocycles. The maximum Gasteiger partial charge on any atom is 0.371 e. The summed E-state index contributed by atoms with van der Waals surface area (Å²) in [5.74, 6) is 0.540. The van der Waals surface area contributed by atoms with E-state index in [-0.39, 0.29) is 28.8 Å². The number of halogens is 1. The van der Waals surface area contributed by atoms with Crippen molar-refractivity contribution in [3.63, 3.8) is 0 Å². The SMILES string of the molecule is COc1ccc(-c2ccc(NCc3cc(C(=O)NS(=O)(=O)c4ccccc4C)oc3C)cc2)nc1.COc1ccc(-c2ccc(NCc3cc(C(=O)O)oc3C)cc2)nc1.Cl. The highest BCUT2D eigenvalue weighted by atomic mass is 35.5. The predicted octanol–water partition coefficient (Wildman–Crippen LogP) is 9.09. The number of sulfonamides is 1. The average molecular weight is 866 g/mol. The normalized spacial score (nSPS) is 10.7. The van der Waals surface area contributed by atoms with Crippen LogP contribution in [-0.2, 0) is 23.1 Å². The van der Waals surface area contributed by atoms with Gasteiger partial charge in [-0.25, -0.2) is 17.9 Å². The van der Waals surface area contributed by atoms with Gasteiger partial charge in [-0.3, -0.25) is 14.8 Å². The van der Waals surface area contributed by atoms with Crippen molar-refractivity contribution in [2.75, 3.05) is 24.9 Å². The molecule has 4 aromatic heterocycles. The number of methoxy groups -OCH3 is 2. The number of hydrogen-bond acceptors (Lipinski definition) is 12. The van der Waals surface area contributed by atoms with Gasteiger partial charge in [0, 0.05) is 46.7 Å². The molecule has 16 heteroatoms. The minimum Gasteiger partial charge on any atom is -0.495 e. The molecule has 316 valence electrons. The van der Waals surface area contributed by atoms with Crippen LogP contribution in [0.4, 0.5) is 11.4 Å². The number of rotatable bonds is 14. The molecule has 0 saturated carbocycles. The molecule has 4 N–H and O–H groups in total. The number of aromatic nitrogens is 2. The van der Waals surface area contributed by atoms with Gasteiger partial charge >= 0.3 is 11.9 Å². The van der Waals surface area contributed by atoms with Gasteiger partial charge < -0.3 is 34.0 Å². The fourth-order valence-corrected chi connectivity index (χ4v) is 7.15. The number of amides is 1. The topological polar surface area (TPSA) is 195 Å². The lowest BCUT2D eigenvalue weighted by atomic mass is 10.1. The van der Waals surface area contributed by atoms with Crippen LogP contribution in [0.2, 0.25) is 0 Å². The summed E-state index contributed by atoms with van der Waals surface area (Å²) in [6.45, 7) is 6.03. The van der Waals surface area contributed by atoms with E-state index in [2.05, 4.69) is 25.3 Å². The molecule has 0 bridgehead atoms. The molecule has 1 amide bonds. The number of pyridine rings is 2. The number of benzene rings is 3. The second kappa shape index (κ2) is 20.2. The predicted molar refractivity (Wildman–Crippen MR) is 234 cm³/mol. The summed E-state index contributed by atoms with van der Waals surface area (Å²) in [5, 5.41) is 15.5. The Balaban J connectivity index is 0.000000240. The number of nitrogens with one attached hydrogen (secondary N) is 3. The van der Waals surface area contributed by atoms with Gasteiger partial charge in [-0.2, -0.15) is 0 Å². The van der Waals surface area contributed by atoms with Crippen molar-refractivity contribution in [2.24, 2.45) is 0 Å². The number of carboxylic acid groups (broad SMARTS) is 1. The van der Waals surface area contributed by atoms with Crippen molar-refractivity contribution in [3.8, 4) is 34.0 Å². The van der Waals surface area contributed by atoms with Crippen molar-refractivity contribution < 1.29 is 41.4 Å². The highest BCUT2D eigenvalue weighted by Crippen LogP contribution is 2.25. The number of carbonyl (C=O) groups is 2. The molecule has 0 unspecified atom stereocenters. The Morgan fingerprint density at radius 3 is 1.52 bits per heavy atom. The quantitative estimate of drug-likeness (QED) is 0.0809. The summed E-state index contributed by atoms with van der Waals surface area (Å²) >= 11 is 0. The molecule has 0 aliphatic heterocycles. The molecular formula is C45H44ClN5O9S. The summed E-state index contributed by atoms with van der Waals surface area (Å²) in [7, 11) is -0.807. The summed E-state index contributed by atoms with van der Waals surface area (Å²) in [6, 6.07) is 32.7. The van der Waals surface area contributed by atoms with Crippen LogP contribution in [0.15, 0.2) is 135 Å². The number of aryl methyl sites for hydroxylation is 3. The zero-order valence-electron chi connectivity index (χ0n) is 33.9. The first-order valence-electron chi connectivity index (χ1n) is 18.6. The van der Waals surface area contributed by atoms with Gasteiger partial charge in [-0.1, -0.05) is 42.5 Å². The van der Waals surface area contributed by atoms with Crippen molar-refractivity contribution >= 4 is 45.7 Å². The second-order valence-corrected chi connectivity index (χ2v) is 15.1. The first-order chi connectivity index (χ1) is 28.8. The van der Waals surface area contributed by atoms with Crippen molar-refractivity contribution in [2.45, 2.75) is 38.8 Å². The van der Waals surface area contributed by atoms with E-state index in [1.165, 1.54) is 6.07 Å². The fourth-order valence-electron chi connectivity index (χ4n) is 5.95. The largest absolute Gasteiger partial charge is 0.495 e. The maximum absolute atomic E-state index is 12.6. The highest BCUT2D eigenvalue weighted by molar-refractivity contribution is 7.90. The Hall–Kier alpha value is -7.10. The standard InChI is InChI=1S/C26H25N3O5S.C19H18N2O4.ClH/c1-17-6-4-5-7-25(17)35(31,32)29-26(30)24-14-20(18(2)34-24)15-27-21-10-8-19(9-11-21)23-13-12-22(33-3)16-28-23;1-12-14(9-18(25-12)19(22)23)10-20-15-5-3-13(4-6-15)17-8-7-16(24-2)11-21-17;/h4-14,16,27H,15H2,1-3H3,(H,29,30);3-9,11,20H,10H2,1-2H3,(H,22,23);1H. The van der Waals surface area contributed by atoms with E-state index in [1.807, 2.05) is 72.8 Å². The van der Waals surface area contributed by atoms with Crippen LogP contribution < -0.4 is 24.8 Å². The first kappa shape index (κ1) is 45.0. The van der Waals surface area contributed by atoms with Crippen molar-refractivity contribution in [3.05, 3.63) is 161 Å². The van der Waals surface area contributed by atoms with E-state index < -0.39 is 21.9 Å². The van der Waals surface area contributed by atoms with E-state index in [0.29, 0.717) is 35.9 Å². The maximum atomic E-state index is 12.6. The molecule has 0 radical (unpaired) electrons. The third kappa shape index (κ3) is 11.6. The van der Waals surface area contributed by atoms with Crippen LogP contribution in [0.25, 0.3) is 22.5 Å². The molecule has 0 aliphatic rings. The van der Waals surface area contributed by atoms with Gasteiger partial charge in [-0.05, 0) is 93.1 Å². The molecule has 4 heterocycles. The van der Waals surface area contributed by atoms with E-state index in [1.54, 1.807) is 77.7 Å². The number of furan rings is 2. The number of carbonyl (C=O) groups excluding carboxylic acids is 1. The molecule has 3 aromatic carbocycles. The molecule has 61 heavy (non-hydrogen) atoms. The Bertz CT molecular complexity index is 2680. The summed E-state index contributed by atoms with van der Waals surface area (Å²) in [4.78, 5) is 32.3. The van der Waals surface area contributed by atoms with E-state index in [4.69, 9.17) is 23.4 Å². The zero-order valence-corrected chi connectivity index (χ0v) is 35.5. The third-order valence-corrected chi connectivity index (χ3v) is 10.8. The fraction of sp³-hybridized carbons (Fsp3) is 0.156. The number of aromatic carboxylic acids is 1. The lowest BCUT2D eigenvalue weighted by Gasteiger charge is -2.08. The van der Waals surface area contributed by atoms with E-state index in [9.17, 15) is 18.0 Å². The van der Waals surface area contributed by atoms with Gasteiger partial charge in [0.05, 0.1) is 42.9 Å². The van der Waals surface area contributed by atoms with Crippen LogP contribution in [0.1, 0.15) is 49.3 Å². The Morgan fingerprint density at radius 1 is 0.656 bits per heavy atom. The van der Waals surface area contributed by atoms with Crippen LogP contribution in [0.3, 0.4) is 0 Å². The zero-order chi connectivity index (χ0) is 42.8. The van der Waals surface area contributed by atoms with Gasteiger partial charge in [0.2, 0.25) is 5.76 Å². The van der Waals surface area contributed by atoms with Crippen molar-refractivity contribution in [1.82, 2.24) is 14.7 Å². The van der Waals surface area contributed by atoms with E-state index in [0.717, 1.165) is 50.8 Å². The minimum atomic E-state index is -4.02. The summed E-state index contributed by atoms with van der Waals surface area (Å²) < 4.78 is 48.3. The molecule has 0 fully saturated rings. The van der Waals surface area contributed by atoms with Crippen LogP contribution in [0.5, 0.6) is 11.5 Å². The molecule has 7 rings (SSSR count). The van der Waals surface area contributed by atoms with Gasteiger partial charge in [0.15, 0.2) is 5.76 Å².